The van der Waals surface area contributed by atoms with Crippen molar-refractivity contribution in [2.24, 2.45) is 7.05 Å². The van der Waals surface area contributed by atoms with Crippen LogP contribution in [0.3, 0.4) is 0 Å². The molecule has 0 aliphatic rings. The van der Waals surface area contributed by atoms with E-state index in [1.54, 1.807) is 10.7 Å². The predicted molar refractivity (Wildman–Crippen MR) is 76.2 cm³/mol. The van der Waals surface area contributed by atoms with Crippen LogP contribution in [0.1, 0.15) is 22.8 Å². The van der Waals surface area contributed by atoms with Gasteiger partial charge in [0.1, 0.15) is 0 Å². The molecule has 1 aromatic carbocycles. The van der Waals surface area contributed by atoms with Crippen molar-refractivity contribution in [3.63, 3.8) is 0 Å². The van der Waals surface area contributed by atoms with E-state index in [1.165, 1.54) is 6.92 Å². The number of carbonyl (C=O) groups excluding carboxylic acids is 1. The van der Waals surface area contributed by atoms with E-state index in [0.29, 0.717) is 11.3 Å². The molecule has 5 nitrogen and oxygen atoms in total. The molecule has 0 spiro atoms. The van der Waals surface area contributed by atoms with E-state index < -0.39 is 0 Å². The van der Waals surface area contributed by atoms with Crippen LogP contribution in [0.2, 0.25) is 0 Å². The van der Waals surface area contributed by atoms with Crippen LogP contribution >= 0.6 is 0 Å². The van der Waals surface area contributed by atoms with Crippen LogP contribution in [0.15, 0.2) is 30.6 Å². The van der Waals surface area contributed by atoms with Gasteiger partial charge < -0.3 is 10.6 Å². The number of benzene rings is 1. The van der Waals surface area contributed by atoms with Gasteiger partial charge in [0.15, 0.2) is 5.78 Å². The fourth-order valence-corrected chi connectivity index (χ4v) is 2.01. The first kappa shape index (κ1) is 13.1. The van der Waals surface area contributed by atoms with Crippen molar-refractivity contribution >= 4 is 17.2 Å². The molecule has 1 aromatic heterocycles. The number of aryl methyl sites for hydroxylation is 1. The third-order valence-electron chi connectivity index (χ3n) is 3.04. The molecule has 19 heavy (non-hydrogen) atoms. The Balaban J connectivity index is 2.21. The Morgan fingerprint density at radius 2 is 2.21 bits per heavy atom. The molecule has 0 aliphatic heterocycles. The van der Waals surface area contributed by atoms with E-state index in [2.05, 4.69) is 10.00 Å². The van der Waals surface area contributed by atoms with Crippen molar-refractivity contribution in [2.75, 3.05) is 17.7 Å². The van der Waals surface area contributed by atoms with E-state index in [9.17, 15) is 4.79 Å². The van der Waals surface area contributed by atoms with Crippen LogP contribution in [-0.4, -0.2) is 22.6 Å². The number of hydrogen-bond acceptors (Lipinski definition) is 4. The van der Waals surface area contributed by atoms with Crippen LogP contribution in [0, 0.1) is 0 Å². The highest BCUT2D eigenvalue weighted by Crippen LogP contribution is 2.22. The zero-order valence-corrected chi connectivity index (χ0v) is 11.4. The highest BCUT2D eigenvalue weighted by Gasteiger charge is 2.09. The number of hydrogen-bond donors (Lipinski definition) is 1. The van der Waals surface area contributed by atoms with Crippen molar-refractivity contribution in [1.29, 1.82) is 0 Å². The number of rotatable bonds is 4. The number of carbonyl (C=O) groups is 1. The molecular weight excluding hydrogens is 240 g/mol. The molecule has 0 amide bonds. The Morgan fingerprint density at radius 1 is 1.47 bits per heavy atom. The fraction of sp³-hybridized carbons (Fsp3) is 0.286. The van der Waals surface area contributed by atoms with Crippen molar-refractivity contribution in [3.05, 3.63) is 41.7 Å². The summed E-state index contributed by atoms with van der Waals surface area (Å²) in [6.45, 7) is 2.26. The lowest BCUT2D eigenvalue weighted by Gasteiger charge is -2.19. The maximum Gasteiger partial charge on any atom is 0.161 e. The quantitative estimate of drug-likeness (QED) is 0.671. The fourth-order valence-electron chi connectivity index (χ4n) is 2.01. The van der Waals surface area contributed by atoms with Crippen molar-refractivity contribution in [3.8, 4) is 0 Å². The number of Topliss-reactive ketones (excluding diaryl/α,β-unsaturated/α-hetero) is 1. The lowest BCUT2D eigenvalue weighted by Crippen LogP contribution is -2.16. The molecule has 1 heterocycles. The summed E-state index contributed by atoms with van der Waals surface area (Å²) < 4.78 is 1.77. The third-order valence-corrected chi connectivity index (χ3v) is 3.04. The Labute approximate surface area is 112 Å². The van der Waals surface area contributed by atoms with Gasteiger partial charge in [0.05, 0.1) is 6.20 Å². The molecule has 0 fully saturated rings. The summed E-state index contributed by atoms with van der Waals surface area (Å²) in [4.78, 5) is 13.5. The van der Waals surface area contributed by atoms with Gasteiger partial charge in [-0.15, -0.1) is 0 Å². The first-order valence-electron chi connectivity index (χ1n) is 6.06. The van der Waals surface area contributed by atoms with Gasteiger partial charge in [-0.25, -0.2) is 0 Å². The van der Waals surface area contributed by atoms with Crippen molar-refractivity contribution < 1.29 is 4.79 Å². The average Bonchev–Trinajstić information content (AvgIpc) is 2.74. The molecule has 0 unspecified atom stereocenters. The summed E-state index contributed by atoms with van der Waals surface area (Å²) >= 11 is 0. The highest BCUT2D eigenvalue weighted by molar-refractivity contribution is 6.00. The largest absolute Gasteiger partial charge is 0.398 e. The van der Waals surface area contributed by atoms with Gasteiger partial charge in [-0.1, -0.05) is 0 Å². The van der Waals surface area contributed by atoms with Gasteiger partial charge in [0, 0.05) is 49.3 Å². The standard InChI is InChI=1S/C14H18N4O/c1-10(19)13-6-12(4-5-14(13)15)17(2)8-11-7-16-18(3)9-11/h4-7,9H,8,15H2,1-3H3. The van der Waals surface area contributed by atoms with E-state index in [-0.39, 0.29) is 5.78 Å². The zero-order chi connectivity index (χ0) is 14.0. The average molecular weight is 258 g/mol. The molecule has 100 valence electrons. The minimum atomic E-state index is -0.0193. The van der Waals surface area contributed by atoms with Gasteiger partial charge in [-0.2, -0.15) is 5.10 Å². The number of nitrogen functional groups attached to an aromatic ring is 1. The molecule has 0 atom stereocenters. The van der Waals surface area contributed by atoms with E-state index in [1.807, 2.05) is 38.6 Å². The number of anilines is 2. The smallest absolute Gasteiger partial charge is 0.161 e. The van der Waals surface area contributed by atoms with Crippen molar-refractivity contribution in [1.82, 2.24) is 9.78 Å². The van der Waals surface area contributed by atoms with Crippen LogP contribution in [-0.2, 0) is 13.6 Å². The first-order valence-corrected chi connectivity index (χ1v) is 6.06. The second kappa shape index (κ2) is 5.14. The molecule has 0 aliphatic carbocycles. The summed E-state index contributed by atoms with van der Waals surface area (Å²) in [5, 5.41) is 4.14. The first-order chi connectivity index (χ1) is 8.97. The van der Waals surface area contributed by atoms with Gasteiger partial charge >= 0.3 is 0 Å². The summed E-state index contributed by atoms with van der Waals surface area (Å²) in [6, 6.07) is 5.51. The van der Waals surface area contributed by atoms with Gasteiger partial charge in [0.2, 0.25) is 0 Å². The maximum atomic E-state index is 11.5. The predicted octanol–water partition coefficient (Wildman–Crippen LogP) is 1.84. The Kier molecular flexibility index (Phi) is 3.55. The summed E-state index contributed by atoms with van der Waals surface area (Å²) in [6.07, 6.45) is 3.80. The molecule has 0 bridgehead atoms. The van der Waals surface area contributed by atoms with Crippen LogP contribution in [0.5, 0.6) is 0 Å². The molecule has 2 N–H and O–H groups in total. The summed E-state index contributed by atoms with van der Waals surface area (Å²) in [7, 11) is 3.86. The zero-order valence-electron chi connectivity index (χ0n) is 11.4. The molecular formula is C14H18N4O. The third kappa shape index (κ3) is 2.93. The number of ketones is 1. The lowest BCUT2D eigenvalue weighted by atomic mass is 10.1. The van der Waals surface area contributed by atoms with Crippen LogP contribution in [0.4, 0.5) is 11.4 Å². The molecule has 5 heteroatoms. The van der Waals surface area contributed by atoms with Crippen LogP contribution < -0.4 is 10.6 Å². The Hall–Kier alpha value is -2.30. The van der Waals surface area contributed by atoms with E-state index in [4.69, 9.17) is 5.73 Å². The topological polar surface area (TPSA) is 64.2 Å². The SMILES string of the molecule is CC(=O)c1cc(N(C)Cc2cnn(C)c2)ccc1N. The lowest BCUT2D eigenvalue weighted by molar-refractivity contribution is 0.101. The minimum absolute atomic E-state index is 0.0193. The Bertz CT molecular complexity index is 603. The summed E-state index contributed by atoms with van der Waals surface area (Å²) in [5.41, 5.74) is 8.96. The number of nitrogens with zero attached hydrogens (tertiary/aromatic N) is 3. The Morgan fingerprint density at radius 3 is 2.79 bits per heavy atom. The maximum absolute atomic E-state index is 11.5. The molecule has 2 aromatic rings. The van der Waals surface area contributed by atoms with E-state index in [0.717, 1.165) is 17.8 Å². The molecule has 0 saturated carbocycles. The van der Waals surface area contributed by atoms with Gasteiger partial charge in [-0.05, 0) is 25.1 Å². The molecule has 0 saturated heterocycles. The van der Waals surface area contributed by atoms with Gasteiger partial charge in [0.25, 0.3) is 0 Å². The van der Waals surface area contributed by atoms with Crippen molar-refractivity contribution in [2.45, 2.75) is 13.5 Å². The minimum Gasteiger partial charge on any atom is -0.398 e. The monoisotopic (exact) mass is 258 g/mol. The van der Waals surface area contributed by atoms with Gasteiger partial charge in [-0.3, -0.25) is 9.48 Å². The van der Waals surface area contributed by atoms with Crippen LogP contribution in [0.25, 0.3) is 0 Å². The molecule has 2 rings (SSSR count). The summed E-state index contributed by atoms with van der Waals surface area (Å²) in [5.74, 6) is -0.0193. The normalized spacial score (nSPS) is 10.5. The molecule has 0 radical (unpaired) electrons. The highest BCUT2D eigenvalue weighted by atomic mass is 16.1. The number of aromatic nitrogens is 2. The second-order valence-corrected chi connectivity index (χ2v) is 4.71. The number of nitrogens with two attached hydrogens (primary N) is 1. The second-order valence-electron chi connectivity index (χ2n) is 4.71. The van der Waals surface area contributed by atoms with E-state index >= 15 is 0 Å².